The van der Waals surface area contributed by atoms with E-state index in [1.54, 1.807) is 17.2 Å². The molecule has 2 amide bonds. The number of nitrogens with zero attached hydrogens (tertiary/aromatic N) is 7. The van der Waals surface area contributed by atoms with Crippen molar-refractivity contribution in [2.24, 2.45) is 7.05 Å². The summed E-state index contributed by atoms with van der Waals surface area (Å²) in [7, 11) is 1.86. The third-order valence-electron chi connectivity index (χ3n) is 6.20. The molecule has 5 rings (SSSR count). The first kappa shape index (κ1) is 19.5. The SMILES string of the molecule is CCC(=O)N1CCc2cc(C(=O)N3CCN(c4ncnc5c4cnn5C)CC3)ccc21. The van der Waals surface area contributed by atoms with Crippen LogP contribution in [0.3, 0.4) is 0 Å². The summed E-state index contributed by atoms with van der Waals surface area (Å²) in [4.78, 5) is 39.9. The number of carbonyl (C=O) groups is 2. The lowest BCUT2D eigenvalue weighted by Gasteiger charge is -2.35. The molecule has 9 heteroatoms. The minimum Gasteiger partial charge on any atom is -0.352 e. The van der Waals surface area contributed by atoms with Gasteiger partial charge in [0, 0.05) is 57.4 Å². The summed E-state index contributed by atoms with van der Waals surface area (Å²) in [6.45, 7) is 5.23. The van der Waals surface area contributed by atoms with Crippen molar-refractivity contribution in [2.75, 3.05) is 42.5 Å². The summed E-state index contributed by atoms with van der Waals surface area (Å²) in [6, 6.07) is 5.72. The lowest BCUT2D eigenvalue weighted by Crippen LogP contribution is -2.49. The van der Waals surface area contributed by atoms with Crippen LogP contribution in [0.4, 0.5) is 11.5 Å². The van der Waals surface area contributed by atoms with E-state index in [2.05, 4.69) is 20.0 Å². The Bertz CT molecular complexity index is 1160. The molecule has 0 unspecified atom stereocenters. The topological polar surface area (TPSA) is 87.5 Å². The molecule has 0 radical (unpaired) electrons. The normalized spacial score (nSPS) is 16.1. The molecule has 0 saturated carbocycles. The molecular formula is C22H25N7O2. The molecule has 3 aromatic rings. The van der Waals surface area contributed by atoms with Crippen molar-refractivity contribution in [3.8, 4) is 0 Å². The second-order valence-corrected chi connectivity index (χ2v) is 7.97. The van der Waals surface area contributed by atoms with Crippen LogP contribution in [0.2, 0.25) is 0 Å². The second-order valence-electron chi connectivity index (χ2n) is 7.97. The van der Waals surface area contributed by atoms with Gasteiger partial charge in [-0.1, -0.05) is 6.92 Å². The molecule has 0 spiro atoms. The Morgan fingerprint density at radius 2 is 1.87 bits per heavy atom. The molecular weight excluding hydrogens is 394 g/mol. The maximum Gasteiger partial charge on any atom is 0.253 e. The Labute approximate surface area is 180 Å². The number of anilines is 2. The van der Waals surface area contributed by atoms with Crippen LogP contribution in [-0.2, 0) is 18.3 Å². The minimum atomic E-state index is 0.0388. The number of aromatic nitrogens is 4. The Morgan fingerprint density at radius 3 is 2.65 bits per heavy atom. The Morgan fingerprint density at radius 1 is 1.06 bits per heavy atom. The average Bonchev–Trinajstić information content (AvgIpc) is 3.41. The van der Waals surface area contributed by atoms with Crippen LogP contribution >= 0.6 is 0 Å². The zero-order chi connectivity index (χ0) is 21.5. The molecule has 4 heterocycles. The number of piperazine rings is 1. The molecule has 0 atom stereocenters. The van der Waals surface area contributed by atoms with Crippen molar-refractivity contribution in [1.82, 2.24) is 24.6 Å². The Kier molecular flexibility index (Phi) is 4.80. The molecule has 1 saturated heterocycles. The van der Waals surface area contributed by atoms with Gasteiger partial charge in [0.25, 0.3) is 5.91 Å². The van der Waals surface area contributed by atoms with E-state index in [1.165, 1.54) is 0 Å². The van der Waals surface area contributed by atoms with Gasteiger partial charge in [0.05, 0.1) is 11.6 Å². The van der Waals surface area contributed by atoms with Crippen molar-refractivity contribution >= 4 is 34.4 Å². The second kappa shape index (κ2) is 7.64. The highest BCUT2D eigenvalue weighted by Gasteiger charge is 2.27. The van der Waals surface area contributed by atoms with Gasteiger partial charge in [0.15, 0.2) is 5.65 Å². The monoisotopic (exact) mass is 419 g/mol. The lowest BCUT2D eigenvalue weighted by atomic mass is 10.1. The molecule has 1 aromatic carbocycles. The maximum absolute atomic E-state index is 13.1. The van der Waals surface area contributed by atoms with Crippen LogP contribution in [0.1, 0.15) is 29.3 Å². The molecule has 0 aliphatic carbocycles. The van der Waals surface area contributed by atoms with Gasteiger partial charge in [0.1, 0.15) is 12.1 Å². The van der Waals surface area contributed by atoms with E-state index in [0.29, 0.717) is 44.7 Å². The quantitative estimate of drug-likeness (QED) is 0.641. The number of amides is 2. The summed E-state index contributed by atoms with van der Waals surface area (Å²) >= 11 is 0. The summed E-state index contributed by atoms with van der Waals surface area (Å²) in [5.41, 5.74) is 3.51. The first-order valence-corrected chi connectivity index (χ1v) is 10.7. The van der Waals surface area contributed by atoms with Crippen molar-refractivity contribution in [2.45, 2.75) is 19.8 Å². The van der Waals surface area contributed by atoms with Crippen LogP contribution in [-0.4, -0.2) is 69.2 Å². The summed E-state index contributed by atoms with van der Waals surface area (Å²) in [6.07, 6.45) is 4.64. The summed E-state index contributed by atoms with van der Waals surface area (Å²) in [5.74, 6) is 1.03. The van der Waals surface area contributed by atoms with Crippen LogP contribution in [0.15, 0.2) is 30.7 Å². The average molecular weight is 419 g/mol. The van der Waals surface area contributed by atoms with E-state index in [-0.39, 0.29) is 11.8 Å². The van der Waals surface area contributed by atoms with Crippen molar-refractivity contribution in [3.05, 3.63) is 41.9 Å². The number of aryl methyl sites for hydroxylation is 1. The fourth-order valence-electron chi connectivity index (χ4n) is 4.49. The van der Waals surface area contributed by atoms with E-state index >= 15 is 0 Å². The number of hydrogen-bond acceptors (Lipinski definition) is 6. The molecule has 2 aliphatic heterocycles. The molecule has 160 valence electrons. The fraction of sp³-hybridized carbons (Fsp3) is 0.409. The first-order valence-electron chi connectivity index (χ1n) is 10.7. The van der Waals surface area contributed by atoms with Crippen molar-refractivity contribution in [3.63, 3.8) is 0 Å². The zero-order valence-corrected chi connectivity index (χ0v) is 17.8. The highest BCUT2D eigenvalue weighted by atomic mass is 16.2. The van der Waals surface area contributed by atoms with E-state index in [0.717, 1.165) is 34.5 Å². The van der Waals surface area contributed by atoms with Gasteiger partial charge in [-0.2, -0.15) is 5.10 Å². The first-order chi connectivity index (χ1) is 15.1. The van der Waals surface area contributed by atoms with Gasteiger partial charge in [-0.05, 0) is 30.2 Å². The number of rotatable bonds is 3. The lowest BCUT2D eigenvalue weighted by molar-refractivity contribution is -0.118. The van der Waals surface area contributed by atoms with E-state index in [9.17, 15) is 9.59 Å². The molecule has 9 nitrogen and oxygen atoms in total. The minimum absolute atomic E-state index is 0.0388. The van der Waals surface area contributed by atoms with E-state index < -0.39 is 0 Å². The van der Waals surface area contributed by atoms with Gasteiger partial charge < -0.3 is 14.7 Å². The molecule has 31 heavy (non-hydrogen) atoms. The zero-order valence-electron chi connectivity index (χ0n) is 17.8. The molecule has 0 N–H and O–H groups in total. The molecule has 2 aliphatic rings. The molecule has 2 aromatic heterocycles. The molecule has 0 bridgehead atoms. The highest BCUT2D eigenvalue weighted by Crippen LogP contribution is 2.30. The standard InChI is InChI=1S/C22H25N7O2/c1-3-19(30)29-7-6-15-12-16(4-5-18(15)29)22(31)28-10-8-27(9-11-28)21-17-13-25-26(2)20(17)23-14-24-21/h4-5,12-14H,3,6-11H2,1-2H3. The van der Waals surface area contributed by atoms with Gasteiger partial charge >= 0.3 is 0 Å². The smallest absolute Gasteiger partial charge is 0.253 e. The third kappa shape index (κ3) is 3.30. The van der Waals surface area contributed by atoms with Crippen molar-refractivity contribution < 1.29 is 9.59 Å². The van der Waals surface area contributed by atoms with Gasteiger partial charge in [0.2, 0.25) is 5.91 Å². The number of hydrogen-bond donors (Lipinski definition) is 0. The number of fused-ring (bicyclic) bond motifs is 2. The van der Waals surface area contributed by atoms with Gasteiger partial charge in [-0.15, -0.1) is 0 Å². The Hall–Kier alpha value is -3.49. The largest absolute Gasteiger partial charge is 0.352 e. The van der Waals surface area contributed by atoms with Gasteiger partial charge in [-0.25, -0.2) is 9.97 Å². The predicted molar refractivity (Wildman–Crippen MR) is 117 cm³/mol. The third-order valence-corrected chi connectivity index (χ3v) is 6.20. The maximum atomic E-state index is 13.1. The van der Waals surface area contributed by atoms with Gasteiger partial charge in [-0.3, -0.25) is 14.3 Å². The summed E-state index contributed by atoms with van der Waals surface area (Å²) < 4.78 is 1.74. The van der Waals surface area contributed by atoms with E-state index in [4.69, 9.17) is 0 Å². The molecule has 1 fully saturated rings. The van der Waals surface area contributed by atoms with Crippen LogP contribution < -0.4 is 9.80 Å². The van der Waals surface area contributed by atoms with Crippen LogP contribution in [0.25, 0.3) is 11.0 Å². The van der Waals surface area contributed by atoms with Crippen LogP contribution in [0, 0.1) is 0 Å². The highest BCUT2D eigenvalue weighted by molar-refractivity contribution is 5.98. The predicted octanol–water partition coefficient (Wildman–Crippen LogP) is 1.62. The van der Waals surface area contributed by atoms with E-state index in [1.807, 2.05) is 42.0 Å². The van der Waals surface area contributed by atoms with Crippen LogP contribution in [0.5, 0.6) is 0 Å². The Balaban J connectivity index is 1.29. The summed E-state index contributed by atoms with van der Waals surface area (Å²) in [5, 5.41) is 5.21. The number of carbonyl (C=O) groups excluding carboxylic acids is 2. The van der Waals surface area contributed by atoms with Crippen molar-refractivity contribution in [1.29, 1.82) is 0 Å². The fourth-order valence-corrected chi connectivity index (χ4v) is 4.49. The number of benzene rings is 1.